The summed E-state index contributed by atoms with van der Waals surface area (Å²) in [6.45, 7) is 1.65. The monoisotopic (exact) mass is 260 g/mol. The SMILES string of the molecule is Cc1cc(N)ccc1O[Se](=O)(=O)C#N. The normalized spacial score (nSPS) is 10.6. The Labute approximate surface area is 83.0 Å². The molecule has 0 spiro atoms. The van der Waals surface area contributed by atoms with E-state index < -0.39 is 13.0 Å². The molecule has 0 bridgehead atoms. The number of rotatable bonds is 2. The molecule has 0 saturated heterocycles. The van der Waals surface area contributed by atoms with E-state index in [4.69, 9.17) is 11.0 Å². The van der Waals surface area contributed by atoms with Gasteiger partial charge in [0.25, 0.3) is 0 Å². The van der Waals surface area contributed by atoms with E-state index in [0.717, 1.165) is 4.97 Å². The number of hydrogen-bond acceptors (Lipinski definition) is 5. The zero-order valence-electron chi connectivity index (χ0n) is 7.39. The summed E-state index contributed by atoms with van der Waals surface area (Å²) in [5.74, 6) is 0.144. The fourth-order valence-corrected chi connectivity index (χ4v) is 1.87. The molecule has 0 aromatic heterocycles. The fraction of sp³-hybridized carbons (Fsp3) is 0.125. The first-order valence-corrected chi connectivity index (χ1v) is 6.61. The first-order chi connectivity index (χ1) is 6.44. The second-order valence-electron chi connectivity index (χ2n) is 2.65. The van der Waals surface area contributed by atoms with Crippen LogP contribution in [-0.2, 0) is 7.67 Å². The second-order valence-corrected chi connectivity index (χ2v) is 5.29. The number of nitriles is 1. The zero-order chi connectivity index (χ0) is 10.8. The van der Waals surface area contributed by atoms with Crippen LogP contribution < -0.4 is 9.55 Å². The van der Waals surface area contributed by atoms with Crippen LogP contribution in [0.15, 0.2) is 18.2 Å². The van der Waals surface area contributed by atoms with E-state index in [1.54, 1.807) is 13.0 Å². The predicted molar refractivity (Wildman–Crippen MR) is 49.0 cm³/mol. The summed E-state index contributed by atoms with van der Waals surface area (Å²) in [5.41, 5.74) is 6.55. The molecule has 0 radical (unpaired) electrons. The quantitative estimate of drug-likeness (QED) is 0.626. The van der Waals surface area contributed by atoms with Crippen LogP contribution in [0, 0.1) is 17.2 Å². The van der Waals surface area contributed by atoms with Crippen molar-refractivity contribution in [1.82, 2.24) is 0 Å². The first-order valence-electron chi connectivity index (χ1n) is 3.66. The number of nitrogens with zero attached hydrogens (tertiary/aromatic N) is 1. The van der Waals surface area contributed by atoms with Crippen molar-refractivity contribution < 1.29 is 11.5 Å². The van der Waals surface area contributed by atoms with Gasteiger partial charge < -0.3 is 0 Å². The Hall–Kier alpha value is -1.57. The van der Waals surface area contributed by atoms with Crippen molar-refractivity contribution in [2.75, 3.05) is 5.73 Å². The van der Waals surface area contributed by atoms with Gasteiger partial charge in [-0.15, -0.1) is 0 Å². The van der Waals surface area contributed by atoms with E-state index in [9.17, 15) is 7.67 Å². The van der Waals surface area contributed by atoms with Crippen LogP contribution in [0.4, 0.5) is 5.69 Å². The van der Waals surface area contributed by atoms with E-state index >= 15 is 0 Å². The third-order valence-corrected chi connectivity index (χ3v) is 2.82. The van der Waals surface area contributed by atoms with E-state index in [0.29, 0.717) is 11.3 Å². The van der Waals surface area contributed by atoms with Crippen molar-refractivity contribution in [3.8, 4) is 10.7 Å². The Bertz CT molecular complexity index is 488. The van der Waals surface area contributed by atoms with Gasteiger partial charge in [0.15, 0.2) is 0 Å². The van der Waals surface area contributed by atoms with Crippen molar-refractivity contribution in [3.63, 3.8) is 0 Å². The van der Waals surface area contributed by atoms with Gasteiger partial charge in [-0.2, -0.15) is 0 Å². The number of anilines is 1. The van der Waals surface area contributed by atoms with Gasteiger partial charge >= 0.3 is 82.6 Å². The fourth-order valence-electron chi connectivity index (χ4n) is 0.903. The maximum absolute atomic E-state index is 10.9. The number of nitrogens with two attached hydrogens (primary N) is 1. The minimum atomic E-state index is -4.88. The average molecular weight is 259 g/mol. The number of aryl methyl sites for hydroxylation is 1. The third-order valence-electron chi connectivity index (χ3n) is 1.51. The molecule has 0 aliphatic rings. The minimum absolute atomic E-state index is 0.144. The Morgan fingerprint density at radius 2 is 2.14 bits per heavy atom. The zero-order valence-corrected chi connectivity index (χ0v) is 9.10. The van der Waals surface area contributed by atoms with Crippen LogP contribution in [-0.4, -0.2) is 13.0 Å². The van der Waals surface area contributed by atoms with E-state index in [1.165, 1.54) is 12.1 Å². The van der Waals surface area contributed by atoms with Crippen LogP contribution in [0.1, 0.15) is 5.56 Å². The van der Waals surface area contributed by atoms with Gasteiger partial charge in [0.05, 0.1) is 0 Å². The molecule has 1 aromatic rings. The molecule has 0 saturated carbocycles. The summed E-state index contributed by atoms with van der Waals surface area (Å²) in [5, 5.41) is 8.25. The first kappa shape index (κ1) is 10.5. The molecule has 6 heteroatoms. The van der Waals surface area contributed by atoms with Gasteiger partial charge in [-0.3, -0.25) is 0 Å². The molecule has 0 aliphatic carbocycles. The average Bonchev–Trinajstić information content (AvgIpc) is 2.10. The van der Waals surface area contributed by atoms with Crippen molar-refractivity contribution in [3.05, 3.63) is 23.8 Å². The molecule has 74 valence electrons. The summed E-state index contributed by atoms with van der Waals surface area (Å²) in [6.07, 6.45) is 0. The van der Waals surface area contributed by atoms with Crippen LogP contribution in [0.2, 0.25) is 0 Å². The van der Waals surface area contributed by atoms with Crippen LogP contribution in [0.5, 0.6) is 5.75 Å². The Morgan fingerprint density at radius 3 is 2.64 bits per heavy atom. The number of nitrogen functional groups attached to an aromatic ring is 1. The summed E-state index contributed by atoms with van der Waals surface area (Å²) in [6, 6.07) is 4.50. The van der Waals surface area contributed by atoms with E-state index in [2.05, 4.69) is 3.82 Å². The second kappa shape index (κ2) is 3.66. The van der Waals surface area contributed by atoms with Gasteiger partial charge in [0.1, 0.15) is 0 Å². The number of benzene rings is 1. The van der Waals surface area contributed by atoms with Crippen LogP contribution in [0.3, 0.4) is 0 Å². The third kappa shape index (κ3) is 2.46. The van der Waals surface area contributed by atoms with Crippen molar-refractivity contribution in [2.45, 2.75) is 6.92 Å². The van der Waals surface area contributed by atoms with Crippen LogP contribution in [0.25, 0.3) is 0 Å². The molecule has 0 heterocycles. The van der Waals surface area contributed by atoms with Gasteiger partial charge in [-0.25, -0.2) is 0 Å². The maximum atomic E-state index is 10.9. The van der Waals surface area contributed by atoms with E-state index in [-0.39, 0.29) is 5.75 Å². The van der Waals surface area contributed by atoms with E-state index in [1.807, 2.05) is 0 Å². The summed E-state index contributed by atoms with van der Waals surface area (Å²) >= 11 is -4.88. The Balaban J connectivity index is 3.07. The van der Waals surface area contributed by atoms with Gasteiger partial charge in [0.2, 0.25) is 0 Å². The summed E-state index contributed by atoms with van der Waals surface area (Å²) in [7, 11) is 0. The van der Waals surface area contributed by atoms with Gasteiger partial charge in [-0.1, -0.05) is 0 Å². The standard InChI is InChI=1S/C8H8N2O3Se/c1-6-4-7(10)2-3-8(6)13-14(11,12)5-9/h2-4H,10H2,1H3. The molecular weight excluding hydrogens is 251 g/mol. The molecule has 0 unspecified atom stereocenters. The number of hydrogen-bond donors (Lipinski definition) is 1. The summed E-state index contributed by atoms with van der Waals surface area (Å²) < 4.78 is 26.3. The van der Waals surface area contributed by atoms with Crippen molar-refractivity contribution in [2.24, 2.45) is 0 Å². The molecular formula is C8H8N2O3Se. The molecule has 1 aromatic carbocycles. The molecule has 0 amide bonds. The predicted octanol–water partition coefficient (Wildman–Crippen LogP) is 0.819. The molecule has 0 atom stereocenters. The molecule has 0 fully saturated rings. The van der Waals surface area contributed by atoms with Crippen LogP contribution >= 0.6 is 0 Å². The van der Waals surface area contributed by atoms with Gasteiger partial charge in [0, 0.05) is 0 Å². The molecule has 5 nitrogen and oxygen atoms in total. The molecule has 0 aliphatic heterocycles. The van der Waals surface area contributed by atoms with Gasteiger partial charge in [-0.05, 0) is 0 Å². The molecule has 14 heavy (non-hydrogen) atoms. The summed E-state index contributed by atoms with van der Waals surface area (Å²) in [4.78, 5) is 1.12. The Morgan fingerprint density at radius 1 is 1.50 bits per heavy atom. The Kier molecular flexibility index (Phi) is 2.75. The topological polar surface area (TPSA) is 93.2 Å². The van der Waals surface area contributed by atoms with Crippen molar-refractivity contribution in [1.29, 1.82) is 5.26 Å². The molecule has 1 rings (SSSR count). The molecule has 2 N–H and O–H groups in total. The van der Waals surface area contributed by atoms with Crippen molar-refractivity contribution >= 4 is 18.7 Å².